The van der Waals surface area contributed by atoms with E-state index in [1.54, 1.807) is 53.4 Å². The molecular formula is C21H14BrN3O4. The van der Waals surface area contributed by atoms with Crippen molar-refractivity contribution in [2.45, 2.75) is 5.92 Å². The Hall–Kier alpha value is -3.26. The average molecular weight is 452 g/mol. The molecule has 2 aromatic rings. The lowest BCUT2D eigenvalue weighted by atomic mass is 9.75. The quantitative estimate of drug-likeness (QED) is 0.556. The molecule has 0 saturated carbocycles. The molecule has 1 aliphatic carbocycles. The number of carbonyl (C=O) groups is 2. The highest BCUT2D eigenvalue weighted by molar-refractivity contribution is 9.10. The van der Waals surface area contributed by atoms with Crippen molar-refractivity contribution in [2.24, 2.45) is 0 Å². The lowest BCUT2D eigenvalue weighted by Gasteiger charge is -2.35. The number of hydrogen-bond acceptors (Lipinski definition) is 6. The van der Waals surface area contributed by atoms with Crippen molar-refractivity contribution < 1.29 is 14.5 Å². The summed E-state index contributed by atoms with van der Waals surface area (Å²) in [4.78, 5) is 40.1. The molecule has 2 aromatic carbocycles. The Balaban J connectivity index is 1.82. The Bertz CT molecular complexity index is 1170. The molecule has 0 radical (unpaired) electrons. The molecule has 1 saturated heterocycles. The van der Waals surface area contributed by atoms with Crippen LogP contribution >= 0.6 is 15.9 Å². The summed E-state index contributed by atoms with van der Waals surface area (Å²) < 4.78 is 0.818. The summed E-state index contributed by atoms with van der Waals surface area (Å²) >= 11 is 3.37. The minimum atomic E-state index is -0.935. The topological polar surface area (TPSA) is 92.6 Å². The lowest BCUT2D eigenvalue weighted by Crippen LogP contribution is -2.40. The zero-order chi connectivity index (χ0) is 20.3. The smallest absolute Gasteiger partial charge is 0.298 e. The van der Waals surface area contributed by atoms with E-state index in [-0.39, 0.29) is 34.1 Å². The summed E-state index contributed by atoms with van der Waals surface area (Å²) in [5.74, 6) is -1.26. The van der Waals surface area contributed by atoms with Gasteiger partial charge < -0.3 is 10.2 Å². The summed E-state index contributed by atoms with van der Waals surface area (Å²) in [6.45, 7) is 0.847. The van der Waals surface area contributed by atoms with Crippen LogP contribution in [0.5, 0.6) is 0 Å². The number of fused-ring (bicyclic) bond motifs is 3. The Morgan fingerprint density at radius 3 is 2.34 bits per heavy atom. The van der Waals surface area contributed by atoms with Gasteiger partial charge in [0.25, 0.3) is 5.70 Å². The molecule has 144 valence electrons. The van der Waals surface area contributed by atoms with Gasteiger partial charge in [0, 0.05) is 34.3 Å². The average Bonchev–Trinajstić information content (AvgIpc) is 3.20. The minimum Gasteiger partial charge on any atom is -0.364 e. The van der Waals surface area contributed by atoms with E-state index in [0.717, 1.165) is 4.47 Å². The standard InChI is InChI=1S/C21H14BrN3O4/c22-12-7-5-11(6-8-12)15-16-17(24-10-9-23-21(24)18(15)25(28)29)20(27)14-4-2-1-3-13(14)19(16)26/h1-8,15,23H,9-10H2. The fourth-order valence-electron chi connectivity index (χ4n) is 4.31. The van der Waals surface area contributed by atoms with Crippen molar-refractivity contribution in [3.05, 3.63) is 103 Å². The summed E-state index contributed by atoms with van der Waals surface area (Å²) in [6, 6.07) is 13.7. The Morgan fingerprint density at radius 2 is 1.69 bits per heavy atom. The van der Waals surface area contributed by atoms with Crippen molar-refractivity contribution in [2.75, 3.05) is 13.1 Å². The molecule has 0 spiro atoms. The fourth-order valence-corrected chi connectivity index (χ4v) is 4.57. The van der Waals surface area contributed by atoms with E-state index in [9.17, 15) is 19.7 Å². The van der Waals surface area contributed by atoms with Gasteiger partial charge in [0.2, 0.25) is 5.78 Å². The normalized spacial score (nSPS) is 20.3. The fraction of sp³-hybridized carbons (Fsp3) is 0.143. The van der Waals surface area contributed by atoms with Crippen LogP contribution in [0.25, 0.3) is 0 Å². The third kappa shape index (κ3) is 2.49. The second kappa shape index (κ2) is 6.38. The highest BCUT2D eigenvalue weighted by atomic mass is 79.9. The number of halogens is 1. The van der Waals surface area contributed by atoms with Crippen LogP contribution in [0, 0.1) is 10.1 Å². The zero-order valence-corrected chi connectivity index (χ0v) is 16.6. The number of allylic oxidation sites excluding steroid dienone is 2. The summed E-state index contributed by atoms with van der Waals surface area (Å²) in [5, 5.41) is 15.2. The molecule has 2 heterocycles. The number of nitrogens with zero attached hydrogens (tertiary/aromatic N) is 2. The van der Waals surface area contributed by atoms with Crippen LogP contribution in [-0.2, 0) is 0 Å². The maximum atomic E-state index is 13.5. The van der Waals surface area contributed by atoms with Crippen LogP contribution < -0.4 is 5.32 Å². The molecule has 1 fully saturated rings. The maximum absolute atomic E-state index is 13.5. The predicted octanol–water partition coefficient (Wildman–Crippen LogP) is 3.23. The van der Waals surface area contributed by atoms with Crippen LogP contribution in [0.2, 0.25) is 0 Å². The molecular weight excluding hydrogens is 438 g/mol. The van der Waals surface area contributed by atoms with Crippen molar-refractivity contribution in [3.63, 3.8) is 0 Å². The third-order valence-corrected chi connectivity index (χ3v) is 6.03. The van der Waals surface area contributed by atoms with Crippen LogP contribution in [0.4, 0.5) is 0 Å². The van der Waals surface area contributed by atoms with E-state index in [0.29, 0.717) is 30.0 Å². The van der Waals surface area contributed by atoms with Crippen LogP contribution in [-0.4, -0.2) is 34.5 Å². The van der Waals surface area contributed by atoms with E-state index in [1.165, 1.54) is 0 Å². The van der Waals surface area contributed by atoms with Crippen LogP contribution in [0.1, 0.15) is 32.2 Å². The number of nitrogens with one attached hydrogen (secondary N) is 1. The number of nitro groups is 1. The third-order valence-electron chi connectivity index (χ3n) is 5.50. The Morgan fingerprint density at radius 1 is 1.03 bits per heavy atom. The SMILES string of the molecule is O=C1C2=C(C(=O)c3ccccc31)N1CCNC1=C([N+](=O)[O-])C2c1ccc(Br)cc1. The van der Waals surface area contributed by atoms with Gasteiger partial charge in [0.1, 0.15) is 5.92 Å². The molecule has 7 nitrogen and oxygen atoms in total. The monoisotopic (exact) mass is 451 g/mol. The zero-order valence-electron chi connectivity index (χ0n) is 15.0. The van der Waals surface area contributed by atoms with Crippen molar-refractivity contribution in [1.29, 1.82) is 0 Å². The number of rotatable bonds is 2. The molecule has 1 unspecified atom stereocenters. The van der Waals surface area contributed by atoms with Crippen molar-refractivity contribution in [1.82, 2.24) is 10.2 Å². The summed E-state index contributed by atoms with van der Waals surface area (Å²) in [7, 11) is 0. The molecule has 29 heavy (non-hydrogen) atoms. The first kappa shape index (κ1) is 17.8. The molecule has 2 aliphatic heterocycles. The molecule has 5 rings (SSSR count). The van der Waals surface area contributed by atoms with Crippen LogP contribution in [0.15, 0.2) is 75.8 Å². The van der Waals surface area contributed by atoms with Gasteiger partial charge in [-0.15, -0.1) is 0 Å². The van der Waals surface area contributed by atoms with E-state index in [2.05, 4.69) is 21.2 Å². The van der Waals surface area contributed by atoms with Gasteiger partial charge in [-0.1, -0.05) is 52.3 Å². The van der Waals surface area contributed by atoms with Crippen LogP contribution in [0.3, 0.4) is 0 Å². The number of Topliss-reactive ketones (excluding diaryl/α,β-unsaturated/α-hetero) is 2. The van der Waals surface area contributed by atoms with Gasteiger partial charge in [0.05, 0.1) is 10.6 Å². The molecule has 8 heteroatoms. The molecule has 1 atom stereocenters. The Labute approximate surface area is 174 Å². The van der Waals surface area contributed by atoms with E-state index in [1.807, 2.05) is 0 Å². The van der Waals surface area contributed by atoms with E-state index < -0.39 is 10.8 Å². The van der Waals surface area contributed by atoms with Gasteiger partial charge in [0.15, 0.2) is 11.6 Å². The van der Waals surface area contributed by atoms with Crippen molar-refractivity contribution in [3.8, 4) is 0 Å². The summed E-state index contributed by atoms with van der Waals surface area (Å²) in [6.07, 6.45) is 0. The second-order valence-corrected chi connectivity index (χ2v) is 7.94. The molecule has 0 aromatic heterocycles. The number of ketones is 2. The van der Waals surface area contributed by atoms with Gasteiger partial charge in [-0.3, -0.25) is 19.7 Å². The van der Waals surface area contributed by atoms with E-state index in [4.69, 9.17) is 0 Å². The van der Waals surface area contributed by atoms with Gasteiger partial charge in [-0.05, 0) is 17.7 Å². The van der Waals surface area contributed by atoms with E-state index >= 15 is 0 Å². The predicted molar refractivity (Wildman–Crippen MR) is 108 cm³/mol. The number of carbonyl (C=O) groups excluding carboxylic acids is 2. The van der Waals surface area contributed by atoms with Gasteiger partial charge in [-0.25, -0.2) is 0 Å². The van der Waals surface area contributed by atoms with Gasteiger partial charge >= 0.3 is 0 Å². The molecule has 0 bridgehead atoms. The molecule has 3 aliphatic rings. The largest absolute Gasteiger partial charge is 0.364 e. The van der Waals surface area contributed by atoms with Gasteiger partial charge in [-0.2, -0.15) is 0 Å². The second-order valence-electron chi connectivity index (χ2n) is 7.02. The minimum absolute atomic E-state index is 0.107. The maximum Gasteiger partial charge on any atom is 0.298 e. The molecule has 1 N–H and O–H groups in total. The first-order valence-corrected chi connectivity index (χ1v) is 9.86. The van der Waals surface area contributed by atoms with Crippen molar-refractivity contribution >= 4 is 27.5 Å². The Kier molecular flexibility index (Phi) is 3.92. The highest BCUT2D eigenvalue weighted by Gasteiger charge is 2.51. The number of benzene rings is 2. The number of hydrogen-bond donors (Lipinski definition) is 1. The molecule has 0 amide bonds. The lowest BCUT2D eigenvalue weighted by molar-refractivity contribution is -0.431. The summed E-state index contributed by atoms with van der Waals surface area (Å²) in [5.41, 5.74) is 1.53. The first-order valence-electron chi connectivity index (χ1n) is 9.07. The first-order chi connectivity index (χ1) is 14.0. The highest BCUT2D eigenvalue weighted by Crippen LogP contribution is 2.46.